The summed E-state index contributed by atoms with van der Waals surface area (Å²) in [6.07, 6.45) is -0.851. The predicted octanol–water partition coefficient (Wildman–Crippen LogP) is 8.28. The van der Waals surface area contributed by atoms with Crippen molar-refractivity contribution < 1.29 is 28.3 Å². The molecule has 0 aromatic heterocycles. The number of aliphatic hydroxyl groups excluding tert-OH is 1. The largest absolute Gasteiger partial charge is 0.458 e. The van der Waals surface area contributed by atoms with Crippen molar-refractivity contribution in [3.63, 3.8) is 0 Å². The normalized spacial score (nSPS) is 14.1. The van der Waals surface area contributed by atoms with Gasteiger partial charge in [-0.05, 0) is 98.2 Å². The van der Waals surface area contributed by atoms with Crippen LogP contribution < -0.4 is 0 Å². The minimum atomic E-state index is -0.544. The van der Waals surface area contributed by atoms with Gasteiger partial charge in [0.15, 0.2) is 0 Å². The maximum absolute atomic E-state index is 13.4. The third-order valence-electron chi connectivity index (χ3n) is 7.25. The van der Waals surface area contributed by atoms with Crippen LogP contribution >= 0.6 is 0 Å². The number of halogens is 2. The zero-order chi connectivity index (χ0) is 31.0. The third kappa shape index (κ3) is 9.18. The molecule has 4 atom stereocenters. The van der Waals surface area contributed by atoms with E-state index in [1.165, 1.54) is 48.5 Å². The zero-order valence-electron chi connectivity index (χ0n) is 25.0. The summed E-state index contributed by atoms with van der Waals surface area (Å²) in [6, 6.07) is 14.6. The van der Waals surface area contributed by atoms with Crippen LogP contribution in [-0.2, 0) is 4.74 Å². The van der Waals surface area contributed by atoms with E-state index >= 15 is 0 Å². The second kappa shape index (κ2) is 14.8. The number of carbonyl (C=O) groups is 1. The molecule has 222 valence electrons. The molecule has 6 nitrogen and oxygen atoms in total. The van der Waals surface area contributed by atoms with Crippen molar-refractivity contribution >= 4 is 11.7 Å². The molecule has 0 fully saturated rings. The second-order valence-corrected chi connectivity index (χ2v) is 11.2. The van der Waals surface area contributed by atoms with E-state index in [0.29, 0.717) is 5.92 Å². The summed E-state index contributed by atoms with van der Waals surface area (Å²) in [7, 11) is 0. The van der Waals surface area contributed by atoms with Gasteiger partial charge in [0, 0.05) is 24.0 Å². The molecule has 0 saturated carbocycles. The van der Waals surface area contributed by atoms with Gasteiger partial charge in [-0.3, -0.25) is 10.1 Å². The van der Waals surface area contributed by atoms with Crippen molar-refractivity contribution in [3.8, 4) is 0 Å². The van der Waals surface area contributed by atoms with Crippen LogP contribution in [0.3, 0.4) is 0 Å². The molecule has 0 aliphatic heterocycles. The summed E-state index contributed by atoms with van der Waals surface area (Å²) in [5.41, 5.74) is 3.86. The highest BCUT2D eigenvalue weighted by Crippen LogP contribution is 2.33. The van der Waals surface area contributed by atoms with Gasteiger partial charge in [-0.25, -0.2) is 13.6 Å². The summed E-state index contributed by atoms with van der Waals surface area (Å²) in [6.45, 7) is 15.5. The third-order valence-corrected chi connectivity index (χ3v) is 7.25. The minimum absolute atomic E-state index is 0.0746. The Morgan fingerprint density at radius 1 is 0.780 bits per heavy atom. The molecule has 0 amide bonds. The number of ether oxygens (including phenoxy) is 1. The Bertz CT molecular complexity index is 1310. The molecule has 0 radical (unpaired) electrons. The monoisotopic (exact) mass is 569 g/mol. The summed E-state index contributed by atoms with van der Waals surface area (Å²) in [5, 5.41) is 20.4. The molecule has 0 aliphatic rings. The number of nitro groups is 1. The second-order valence-electron chi connectivity index (χ2n) is 11.2. The molecule has 0 unspecified atom stereocenters. The molecular weight excluding hydrogens is 528 g/mol. The fourth-order valence-electron chi connectivity index (χ4n) is 5.39. The van der Waals surface area contributed by atoms with Gasteiger partial charge in [0.25, 0.3) is 5.69 Å². The van der Waals surface area contributed by atoms with Crippen LogP contribution in [0.25, 0.3) is 0 Å². The number of aryl methyl sites for hydroxylation is 2. The predicted molar refractivity (Wildman–Crippen MR) is 157 cm³/mol. The molecular formula is C33H41F2NO5. The van der Waals surface area contributed by atoms with Crippen molar-refractivity contribution in [1.82, 2.24) is 0 Å². The first kappa shape index (κ1) is 33.6. The molecule has 0 saturated heterocycles. The minimum Gasteiger partial charge on any atom is -0.458 e. The van der Waals surface area contributed by atoms with Crippen LogP contribution in [0.4, 0.5) is 14.5 Å². The van der Waals surface area contributed by atoms with Crippen molar-refractivity contribution in [2.75, 3.05) is 0 Å². The highest BCUT2D eigenvalue weighted by molar-refractivity contribution is 5.89. The van der Waals surface area contributed by atoms with E-state index in [2.05, 4.69) is 13.8 Å². The molecule has 1 N–H and O–H groups in total. The number of hydrogen-bond acceptors (Lipinski definition) is 5. The van der Waals surface area contributed by atoms with Crippen molar-refractivity contribution in [1.29, 1.82) is 0 Å². The van der Waals surface area contributed by atoms with Gasteiger partial charge in [-0.1, -0.05) is 39.8 Å². The molecule has 0 spiro atoms. The Kier molecular flexibility index (Phi) is 12.1. The van der Waals surface area contributed by atoms with E-state index in [1.54, 1.807) is 26.0 Å². The number of rotatable bonds is 9. The first-order valence-electron chi connectivity index (χ1n) is 13.8. The number of non-ortho nitro benzene ring substituents is 1. The van der Waals surface area contributed by atoms with Gasteiger partial charge in [-0.15, -0.1) is 0 Å². The summed E-state index contributed by atoms with van der Waals surface area (Å²) in [4.78, 5) is 22.6. The Hall–Kier alpha value is -3.65. The molecule has 8 heteroatoms. The van der Waals surface area contributed by atoms with E-state index in [4.69, 9.17) is 4.74 Å². The van der Waals surface area contributed by atoms with Gasteiger partial charge in [0.2, 0.25) is 0 Å². The fourth-order valence-corrected chi connectivity index (χ4v) is 5.39. The molecule has 41 heavy (non-hydrogen) atoms. The topological polar surface area (TPSA) is 89.7 Å². The Morgan fingerprint density at radius 2 is 1.22 bits per heavy atom. The lowest BCUT2D eigenvalue weighted by Crippen LogP contribution is -2.27. The van der Waals surface area contributed by atoms with Gasteiger partial charge < -0.3 is 9.84 Å². The quantitative estimate of drug-likeness (QED) is 0.159. The lowest BCUT2D eigenvalue weighted by Gasteiger charge is -2.29. The van der Waals surface area contributed by atoms with Crippen LogP contribution in [0.5, 0.6) is 0 Å². The molecule has 0 aliphatic carbocycles. The molecule has 0 bridgehead atoms. The summed E-state index contributed by atoms with van der Waals surface area (Å²) < 4.78 is 31.9. The number of esters is 1. The van der Waals surface area contributed by atoms with Gasteiger partial charge in [0.05, 0.1) is 16.6 Å². The first-order valence-corrected chi connectivity index (χ1v) is 13.8. The van der Waals surface area contributed by atoms with Crippen molar-refractivity contribution in [2.45, 2.75) is 79.4 Å². The van der Waals surface area contributed by atoms with Gasteiger partial charge in [-0.2, -0.15) is 0 Å². The highest BCUT2D eigenvalue weighted by Gasteiger charge is 2.28. The Morgan fingerprint density at radius 3 is 1.59 bits per heavy atom. The molecule has 0 heterocycles. The van der Waals surface area contributed by atoms with Crippen LogP contribution in [0.1, 0.15) is 86.0 Å². The Balaban J connectivity index is 0.000000333. The highest BCUT2D eigenvalue weighted by atomic mass is 19.1. The maximum atomic E-state index is 13.4. The fraction of sp³-hybridized carbons (Fsp3) is 0.424. The van der Waals surface area contributed by atoms with Crippen LogP contribution in [0.2, 0.25) is 0 Å². The summed E-state index contributed by atoms with van der Waals surface area (Å²) >= 11 is 0. The number of hydrogen-bond donors (Lipinski definition) is 1. The number of carbonyl (C=O) groups excluding carboxylic acids is 1. The van der Waals surface area contributed by atoms with Gasteiger partial charge in [0.1, 0.15) is 17.7 Å². The Labute approximate surface area is 241 Å². The van der Waals surface area contributed by atoms with E-state index in [9.17, 15) is 28.8 Å². The van der Waals surface area contributed by atoms with E-state index in [1.807, 2.05) is 27.7 Å². The van der Waals surface area contributed by atoms with Crippen LogP contribution in [0.15, 0.2) is 60.7 Å². The number of benzene rings is 3. The zero-order valence-corrected chi connectivity index (χ0v) is 25.0. The average molecular weight is 570 g/mol. The van der Waals surface area contributed by atoms with Gasteiger partial charge >= 0.3 is 5.97 Å². The molecule has 3 aromatic carbocycles. The standard InChI is InChI=1S/C20H22FNO4.C13H19FO/c1-12(2)19(18-10-7-16(21)11-13(18)3)14(4)26-20(23)15-5-8-17(9-6-15)22(24)25;1-8(2)13(10(4)15)12-6-5-11(14)7-9(12)3/h5-12,14,19H,1-4H3;5-8,10,13,15H,1-4H3/t14-,19+;10-,13+/m00/s1. The first-order chi connectivity index (χ1) is 19.1. The van der Waals surface area contributed by atoms with E-state index < -0.39 is 23.1 Å². The van der Waals surface area contributed by atoms with Crippen molar-refractivity contribution in [2.24, 2.45) is 11.8 Å². The lowest BCUT2D eigenvalue weighted by atomic mass is 9.82. The number of aliphatic hydroxyl groups is 1. The van der Waals surface area contributed by atoms with Crippen LogP contribution in [0, 0.1) is 47.4 Å². The SMILES string of the molecule is Cc1cc(F)ccc1[C@H](C(C)C)[C@H](C)O.Cc1cc(F)ccc1[C@H](C(C)C)[C@H](C)OC(=O)c1ccc([N+](=O)[O-])cc1. The van der Waals surface area contributed by atoms with E-state index in [0.717, 1.165) is 22.3 Å². The average Bonchev–Trinajstić information content (AvgIpc) is 2.87. The maximum Gasteiger partial charge on any atom is 0.338 e. The molecule has 3 rings (SSSR count). The number of nitro benzene ring substituents is 1. The molecule has 3 aromatic rings. The van der Waals surface area contributed by atoms with Crippen molar-refractivity contribution in [3.05, 3.63) is 110 Å². The van der Waals surface area contributed by atoms with E-state index in [-0.39, 0.29) is 40.6 Å². The smallest absolute Gasteiger partial charge is 0.338 e. The lowest BCUT2D eigenvalue weighted by molar-refractivity contribution is -0.384. The number of nitrogens with zero attached hydrogens (tertiary/aromatic N) is 1. The summed E-state index contributed by atoms with van der Waals surface area (Å²) in [5.74, 6) is -0.581. The van der Waals surface area contributed by atoms with Crippen LogP contribution in [-0.4, -0.2) is 28.2 Å².